The third-order valence-electron chi connectivity index (χ3n) is 2.65. The molecule has 0 radical (unpaired) electrons. The molecule has 0 saturated carbocycles. The molecule has 1 N–H and O–H groups in total. The molecule has 0 bridgehead atoms. The number of carbonyl (C=O) groups is 1. The summed E-state index contributed by atoms with van der Waals surface area (Å²) in [6.07, 6.45) is 0. The number of benzene rings is 1. The largest absolute Gasteiger partial charge is 0.481 e. The van der Waals surface area contributed by atoms with Gasteiger partial charge in [0, 0.05) is 9.49 Å². The monoisotopic (exact) mass is 437 g/mol. The van der Waals surface area contributed by atoms with Crippen molar-refractivity contribution in [2.45, 2.75) is 24.9 Å². The number of halogens is 2. The van der Waals surface area contributed by atoms with Crippen LogP contribution in [0.5, 0.6) is 0 Å². The molecular formula is C13H13ClIN3O2S. The number of aromatic nitrogens is 3. The number of aliphatic carboxylic acids is 1. The van der Waals surface area contributed by atoms with Gasteiger partial charge in [0.05, 0.1) is 16.5 Å². The second kappa shape index (κ2) is 6.97. The molecule has 112 valence electrons. The van der Waals surface area contributed by atoms with Gasteiger partial charge in [0.15, 0.2) is 5.16 Å². The van der Waals surface area contributed by atoms with E-state index >= 15 is 0 Å². The highest BCUT2D eigenvalue weighted by molar-refractivity contribution is 14.1. The van der Waals surface area contributed by atoms with Gasteiger partial charge in [0.2, 0.25) is 0 Å². The predicted molar refractivity (Wildman–Crippen MR) is 91.5 cm³/mol. The zero-order valence-corrected chi connectivity index (χ0v) is 15.1. The fourth-order valence-corrected chi connectivity index (χ4v) is 3.38. The minimum atomic E-state index is -0.894. The summed E-state index contributed by atoms with van der Waals surface area (Å²) in [5.41, 5.74) is 0.763. The van der Waals surface area contributed by atoms with Gasteiger partial charge in [-0.05, 0) is 40.8 Å². The van der Waals surface area contributed by atoms with Gasteiger partial charge in [-0.2, -0.15) is 0 Å². The van der Waals surface area contributed by atoms with Crippen molar-refractivity contribution in [2.75, 3.05) is 5.75 Å². The lowest BCUT2D eigenvalue weighted by molar-refractivity contribution is -0.133. The van der Waals surface area contributed by atoms with Crippen LogP contribution in [0.1, 0.15) is 25.6 Å². The fourth-order valence-electron chi connectivity index (χ4n) is 1.76. The van der Waals surface area contributed by atoms with Crippen molar-refractivity contribution in [3.05, 3.63) is 32.6 Å². The van der Waals surface area contributed by atoms with Gasteiger partial charge in [0.1, 0.15) is 5.82 Å². The molecule has 0 saturated heterocycles. The maximum absolute atomic E-state index is 10.8. The van der Waals surface area contributed by atoms with Crippen LogP contribution in [-0.2, 0) is 4.79 Å². The van der Waals surface area contributed by atoms with Gasteiger partial charge in [-0.1, -0.05) is 37.2 Å². The predicted octanol–water partition coefficient (Wildman–Crippen LogP) is 3.83. The molecule has 0 atom stereocenters. The molecule has 21 heavy (non-hydrogen) atoms. The number of hydrogen-bond donors (Lipinski definition) is 1. The van der Waals surface area contributed by atoms with Crippen molar-refractivity contribution in [3.8, 4) is 5.69 Å². The summed E-state index contributed by atoms with van der Waals surface area (Å²) in [6, 6.07) is 5.69. The van der Waals surface area contributed by atoms with Crippen molar-refractivity contribution in [3.63, 3.8) is 0 Å². The van der Waals surface area contributed by atoms with Gasteiger partial charge in [-0.25, -0.2) is 0 Å². The zero-order chi connectivity index (χ0) is 15.6. The molecule has 1 aromatic heterocycles. The number of carboxylic acid groups (broad SMARTS) is 1. The molecule has 0 aliphatic rings. The Morgan fingerprint density at radius 3 is 2.76 bits per heavy atom. The van der Waals surface area contributed by atoms with Crippen molar-refractivity contribution in [2.24, 2.45) is 0 Å². The quantitative estimate of drug-likeness (QED) is 0.569. The maximum Gasteiger partial charge on any atom is 0.313 e. The Kier molecular flexibility index (Phi) is 5.50. The Hall–Kier alpha value is -0.800. The van der Waals surface area contributed by atoms with E-state index < -0.39 is 5.97 Å². The van der Waals surface area contributed by atoms with Gasteiger partial charge in [0.25, 0.3) is 0 Å². The van der Waals surface area contributed by atoms with E-state index in [9.17, 15) is 4.79 Å². The van der Waals surface area contributed by atoms with E-state index in [2.05, 4.69) is 32.8 Å². The highest BCUT2D eigenvalue weighted by atomic mass is 127. The first-order chi connectivity index (χ1) is 9.90. The van der Waals surface area contributed by atoms with Crippen molar-refractivity contribution in [1.29, 1.82) is 0 Å². The third-order valence-corrected chi connectivity index (χ3v) is 4.54. The molecule has 5 nitrogen and oxygen atoms in total. The third kappa shape index (κ3) is 3.89. The Balaban J connectivity index is 2.52. The van der Waals surface area contributed by atoms with Crippen LogP contribution < -0.4 is 0 Å². The molecule has 1 heterocycles. The Morgan fingerprint density at radius 1 is 1.48 bits per heavy atom. The summed E-state index contributed by atoms with van der Waals surface area (Å²) in [6.45, 7) is 4.01. The molecular weight excluding hydrogens is 425 g/mol. The van der Waals surface area contributed by atoms with E-state index in [1.165, 1.54) is 0 Å². The average Bonchev–Trinajstić information content (AvgIpc) is 2.80. The molecule has 0 amide bonds. The summed E-state index contributed by atoms with van der Waals surface area (Å²) >= 11 is 9.64. The first-order valence-corrected chi connectivity index (χ1v) is 8.59. The van der Waals surface area contributed by atoms with E-state index in [0.29, 0.717) is 10.2 Å². The molecule has 2 aromatic rings. The van der Waals surface area contributed by atoms with E-state index in [1.54, 1.807) is 0 Å². The van der Waals surface area contributed by atoms with E-state index in [0.717, 1.165) is 26.8 Å². The summed E-state index contributed by atoms with van der Waals surface area (Å²) in [5, 5.41) is 18.2. The van der Waals surface area contributed by atoms with Crippen LogP contribution in [0.25, 0.3) is 5.69 Å². The summed E-state index contributed by atoms with van der Waals surface area (Å²) in [4.78, 5) is 10.8. The number of nitrogens with zero attached hydrogens (tertiary/aromatic N) is 3. The molecule has 0 spiro atoms. The van der Waals surface area contributed by atoms with E-state index in [4.69, 9.17) is 16.7 Å². The van der Waals surface area contributed by atoms with Crippen molar-refractivity contribution in [1.82, 2.24) is 14.8 Å². The van der Waals surface area contributed by atoms with Gasteiger partial charge in [-0.15, -0.1) is 10.2 Å². The number of rotatable bonds is 5. The number of carboxylic acids is 1. The maximum atomic E-state index is 10.8. The standard InChI is InChI=1S/C13H13ClIN3O2S/c1-7(2)12-16-17-13(21-6-11(19)20)18(12)10-4-3-8(15)5-9(10)14/h3-5,7H,6H2,1-2H3,(H,19,20). The first kappa shape index (κ1) is 16.6. The Morgan fingerprint density at radius 2 is 2.19 bits per heavy atom. The summed E-state index contributed by atoms with van der Waals surface area (Å²) < 4.78 is 2.86. The topological polar surface area (TPSA) is 68.0 Å². The minimum Gasteiger partial charge on any atom is -0.481 e. The van der Waals surface area contributed by atoms with Crippen LogP contribution in [0.15, 0.2) is 23.4 Å². The van der Waals surface area contributed by atoms with Crippen LogP contribution in [0.3, 0.4) is 0 Å². The average molecular weight is 438 g/mol. The lowest BCUT2D eigenvalue weighted by atomic mass is 10.2. The fraction of sp³-hybridized carbons (Fsp3) is 0.308. The van der Waals surface area contributed by atoms with Crippen LogP contribution in [0, 0.1) is 3.57 Å². The number of hydrogen-bond acceptors (Lipinski definition) is 4. The van der Waals surface area contributed by atoms with Gasteiger partial charge < -0.3 is 5.11 Å². The Labute approximate surface area is 145 Å². The minimum absolute atomic E-state index is 0.0712. The summed E-state index contributed by atoms with van der Waals surface area (Å²) in [7, 11) is 0. The van der Waals surface area contributed by atoms with Crippen LogP contribution in [0.2, 0.25) is 5.02 Å². The van der Waals surface area contributed by atoms with Gasteiger partial charge >= 0.3 is 5.97 Å². The molecule has 0 aliphatic heterocycles. The van der Waals surface area contributed by atoms with Gasteiger partial charge in [-0.3, -0.25) is 9.36 Å². The molecule has 2 rings (SSSR count). The highest BCUT2D eigenvalue weighted by Gasteiger charge is 2.19. The van der Waals surface area contributed by atoms with Crippen molar-refractivity contribution >= 4 is 51.9 Å². The second-order valence-corrected chi connectivity index (χ2v) is 7.20. The van der Waals surface area contributed by atoms with Crippen LogP contribution >= 0.6 is 46.0 Å². The SMILES string of the molecule is CC(C)c1nnc(SCC(=O)O)n1-c1ccc(I)cc1Cl. The lowest BCUT2D eigenvalue weighted by Gasteiger charge is -2.13. The molecule has 0 aliphatic carbocycles. The molecule has 0 unspecified atom stereocenters. The summed E-state index contributed by atoms with van der Waals surface area (Å²) in [5.74, 6) is -0.0644. The zero-order valence-electron chi connectivity index (χ0n) is 11.4. The first-order valence-electron chi connectivity index (χ1n) is 6.15. The molecule has 1 aromatic carbocycles. The number of thioether (sulfide) groups is 1. The van der Waals surface area contributed by atoms with E-state index in [1.807, 2.05) is 36.6 Å². The lowest BCUT2D eigenvalue weighted by Crippen LogP contribution is -2.06. The normalized spacial score (nSPS) is 11.1. The Bertz CT molecular complexity index is 675. The second-order valence-electron chi connectivity index (χ2n) is 4.61. The van der Waals surface area contributed by atoms with E-state index in [-0.39, 0.29) is 11.7 Å². The van der Waals surface area contributed by atoms with Crippen LogP contribution in [0.4, 0.5) is 0 Å². The van der Waals surface area contributed by atoms with Crippen LogP contribution in [-0.4, -0.2) is 31.6 Å². The highest BCUT2D eigenvalue weighted by Crippen LogP contribution is 2.30. The molecule has 0 fully saturated rings. The molecule has 8 heteroatoms. The smallest absolute Gasteiger partial charge is 0.313 e. The van der Waals surface area contributed by atoms with Crippen molar-refractivity contribution < 1.29 is 9.90 Å².